The first-order valence-corrected chi connectivity index (χ1v) is 10.7. The average Bonchev–Trinajstić information content (AvgIpc) is 3.25. The smallest absolute Gasteiger partial charge is 0.287 e. The number of thiophene rings is 1. The first-order valence-electron chi connectivity index (χ1n) is 9.40. The number of fused-ring (bicyclic) bond motifs is 1. The molecule has 2 aromatic heterocycles. The summed E-state index contributed by atoms with van der Waals surface area (Å²) in [5, 5.41) is 5.81. The predicted octanol–water partition coefficient (Wildman–Crippen LogP) is 3.62. The first kappa shape index (κ1) is 20.1. The van der Waals surface area contributed by atoms with Crippen LogP contribution in [0.4, 0.5) is 0 Å². The standard InChI is InChI=1S/C21H21ClN2O4S/c1-13-9-18-14(10-15(13)22)17(25)11-19(28-18)21(26)23-12-16(20-3-2-8-29-20)24-4-6-27-7-5-24/h2-3,8-11,16H,4-7,12H2,1H3,(H,23,26)/t16-/m0/s1. The minimum Gasteiger partial charge on any atom is -0.451 e. The number of nitrogens with one attached hydrogen (secondary N) is 1. The van der Waals surface area contributed by atoms with Crippen LogP contribution in [0.3, 0.4) is 0 Å². The normalized spacial score (nSPS) is 16.1. The molecule has 0 bridgehead atoms. The van der Waals surface area contributed by atoms with Crippen molar-refractivity contribution in [1.82, 2.24) is 10.2 Å². The second-order valence-electron chi connectivity index (χ2n) is 6.96. The van der Waals surface area contributed by atoms with Gasteiger partial charge in [0.05, 0.1) is 24.6 Å². The van der Waals surface area contributed by atoms with Crippen molar-refractivity contribution in [3.8, 4) is 0 Å². The maximum Gasteiger partial charge on any atom is 0.287 e. The fraction of sp³-hybridized carbons (Fsp3) is 0.333. The molecule has 0 spiro atoms. The highest BCUT2D eigenvalue weighted by Crippen LogP contribution is 2.26. The summed E-state index contributed by atoms with van der Waals surface area (Å²) >= 11 is 7.76. The maximum absolute atomic E-state index is 12.7. The molecule has 0 unspecified atom stereocenters. The van der Waals surface area contributed by atoms with E-state index in [4.69, 9.17) is 20.8 Å². The monoisotopic (exact) mass is 432 g/mol. The summed E-state index contributed by atoms with van der Waals surface area (Å²) in [5.74, 6) is -0.414. The fourth-order valence-electron chi connectivity index (χ4n) is 3.44. The summed E-state index contributed by atoms with van der Waals surface area (Å²) < 4.78 is 11.2. The van der Waals surface area contributed by atoms with Crippen molar-refractivity contribution in [2.75, 3.05) is 32.8 Å². The molecule has 3 heterocycles. The number of morpholine rings is 1. The van der Waals surface area contributed by atoms with Crippen LogP contribution in [-0.2, 0) is 4.74 Å². The zero-order valence-electron chi connectivity index (χ0n) is 15.9. The highest BCUT2D eigenvalue weighted by Gasteiger charge is 2.24. The van der Waals surface area contributed by atoms with Gasteiger partial charge in [-0.2, -0.15) is 0 Å². The number of rotatable bonds is 5. The van der Waals surface area contributed by atoms with Crippen LogP contribution in [0.2, 0.25) is 5.02 Å². The lowest BCUT2D eigenvalue weighted by molar-refractivity contribution is 0.0168. The minimum atomic E-state index is -0.411. The van der Waals surface area contributed by atoms with E-state index in [9.17, 15) is 9.59 Å². The Kier molecular flexibility index (Phi) is 6.01. The highest BCUT2D eigenvalue weighted by molar-refractivity contribution is 7.10. The fourth-order valence-corrected chi connectivity index (χ4v) is 4.47. The van der Waals surface area contributed by atoms with Crippen LogP contribution in [-0.4, -0.2) is 43.7 Å². The molecule has 0 aliphatic carbocycles. The number of amides is 1. The minimum absolute atomic E-state index is 0.00358. The van der Waals surface area contributed by atoms with Crippen molar-refractivity contribution in [1.29, 1.82) is 0 Å². The lowest BCUT2D eigenvalue weighted by Crippen LogP contribution is -2.43. The molecular formula is C21H21ClN2O4S. The predicted molar refractivity (Wildman–Crippen MR) is 114 cm³/mol. The molecule has 1 atom stereocenters. The molecule has 1 aromatic carbocycles. The lowest BCUT2D eigenvalue weighted by atomic mass is 10.1. The van der Waals surface area contributed by atoms with Crippen molar-refractivity contribution in [2.45, 2.75) is 13.0 Å². The van der Waals surface area contributed by atoms with Gasteiger partial charge in [0.2, 0.25) is 0 Å². The van der Waals surface area contributed by atoms with E-state index in [1.54, 1.807) is 23.5 Å². The number of ether oxygens (including phenoxy) is 1. The Balaban J connectivity index is 1.55. The highest BCUT2D eigenvalue weighted by atomic mass is 35.5. The Morgan fingerprint density at radius 1 is 1.31 bits per heavy atom. The summed E-state index contributed by atoms with van der Waals surface area (Å²) in [4.78, 5) is 28.6. The van der Waals surface area contributed by atoms with E-state index in [2.05, 4.69) is 16.3 Å². The van der Waals surface area contributed by atoms with Crippen molar-refractivity contribution >= 4 is 39.8 Å². The third-order valence-electron chi connectivity index (χ3n) is 5.05. The second-order valence-corrected chi connectivity index (χ2v) is 8.35. The molecule has 0 saturated carbocycles. The Morgan fingerprint density at radius 3 is 2.83 bits per heavy atom. The van der Waals surface area contributed by atoms with Crippen LogP contribution in [0, 0.1) is 6.92 Å². The summed E-state index contributed by atoms with van der Waals surface area (Å²) in [6.45, 7) is 5.21. The van der Waals surface area contributed by atoms with Gasteiger partial charge in [0.1, 0.15) is 5.58 Å². The van der Waals surface area contributed by atoms with Crippen LogP contribution >= 0.6 is 22.9 Å². The first-order chi connectivity index (χ1) is 14.0. The Bertz CT molecular complexity index is 1070. The van der Waals surface area contributed by atoms with Crippen molar-refractivity contribution < 1.29 is 13.9 Å². The van der Waals surface area contributed by atoms with Crippen molar-refractivity contribution in [3.63, 3.8) is 0 Å². The van der Waals surface area contributed by atoms with E-state index in [0.717, 1.165) is 18.7 Å². The van der Waals surface area contributed by atoms with Gasteiger partial charge in [-0.3, -0.25) is 14.5 Å². The van der Waals surface area contributed by atoms with Gasteiger partial charge < -0.3 is 14.5 Å². The van der Waals surface area contributed by atoms with Gasteiger partial charge in [-0.15, -0.1) is 11.3 Å². The topological polar surface area (TPSA) is 71.8 Å². The average molecular weight is 433 g/mol. The molecule has 3 aromatic rings. The molecule has 8 heteroatoms. The Morgan fingerprint density at radius 2 is 2.10 bits per heavy atom. The van der Waals surface area contributed by atoms with E-state index in [1.807, 2.05) is 18.4 Å². The van der Waals surface area contributed by atoms with E-state index in [-0.39, 0.29) is 17.2 Å². The number of hydrogen-bond donors (Lipinski definition) is 1. The van der Waals surface area contributed by atoms with Crippen LogP contribution in [0.1, 0.15) is 27.0 Å². The molecule has 0 radical (unpaired) electrons. The van der Waals surface area contributed by atoms with Crippen LogP contribution in [0.25, 0.3) is 11.0 Å². The summed E-state index contributed by atoms with van der Waals surface area (Å²) in [5.41, 5.74) is 0.846. The summed E-state index contributed by atoms with van der Waals surface area (Å²) in [6, 6.07) is 8.60. The molecule has 1 aliphatic rings. The quantitative estimate of drug-likeness (QED) is 0.666. The summed E-state index contributed by atoms with van der Waals surface area (Å²) in [6.07, 6.45) is 0. The number of benzene rings is 1. The number of aryl methyl sites for hydroxylation is 1. The zero-order chi connectivity index (χ0) is 20.4. The van der Waals surface area contributed by atoms with Gasteiger partial charge in [0.15, 0.2) is 11.2 Å². The molecule has 1 aliphatic heterocycles. The van der Waals surface area contributed by atoms with Crippen LogP contribution in [0.5, 0.6) is 0 Å². The van der Waals surface area contributed by atoms with Gasteiger partial charge in [0, 0.05) is 35.6 Å². The molecule has 152 valence electrons. The van der Waals surface area contributed by atoms with Gasteiger partial charge in [-0.05, 0) is 36.1 Å². The molecule has 1 fully saturated rings. The molecule has 1 N–H and O–H groups in total. The van der Waals surface area contributed by atoms with Crippen molar-refractivity contribution in [2.24, 2.45) is 0 Å². The molecule has 29 heavy (non-hydrogen) atoms. The van der Waals surface area contributed by atoms with E-state index < -0.39 is 5.91 Å². The number of carbonyl (C=O) groups excluding carboxylic acids is 1. The van der Waals surface area contributed by atoms with Gasteiger partial charge >= 0.3 is 0 Å². The second kappa shape index (κ2) is 8.67. The van der Waals surface area contributed by atoms with Crippen LogP contribution in [0.15, 0.2) is 44.9 Å². The third kappa shape index (κ3) is 4.38. The number of hydrogen-bond acceptors (Lipinski definition) is 6. The number of nitrogens with zero attached hydrogens (tertiary/aromatic N) is 1. The van der Waals surface area contributed by atoms with Gasteiger partial charge in [0.25, 0.3) is 5.91 Å². The molecule has 1 amide bonds. The summed E-state index contributed by atoms with van der Waals surface area (Å²) in [7, 11) is 0. The largest absolute Gasteiger partial charge is 0.451 e. The molecule has 6 nitrogen and oxygen atoms in total. The number of carbonyl (C=O) groups is 1. The van der Waals surface area contributed by atoms with E-state index in [1.165, 1.54) is 10.9 Å². The van der Waals surface area contributed by atoms with E-state index >= 15 is 0 Å². The zero-order valence-corrected chi connectivity index (χ0v) is 17.5. The molecule has 4 rings (SSSR count). The Hall–Kier alpha value is -2.19. The maximum atomic E-state index is 12.7. The Labute approximate surface area is 177 Å². The third-order valence-corrected chi connectivity index (χ3v) is 6.43. The number of halogens is 1. The molecular weight excluding hydrogens is 412 g/mol. The van der Waals surface area contributed by atoms with Gasteiger partial charge in [-0.25, -0.2) is 0 Å². The van der Waals surface area contributed by atoms with Crippen LogP contribution < -0.4 is 10.7 Å². The van der Waals surface area contributed by atoms with E-state index in [0.29, 0.717) is 35.8 Å². The SMILES string of the molecule is Cc1cc2oc(C(=O)NC[C@@H](c3cccs3)N3CCOCC3)cc(=O)c2cc1Cl. The van der Waals surface area contributed by atoms with Crippen molar-refractivity contribution in [3.05, 3.63) is 67.2 Å². The molecule has 1 saturated heterocycles. The lowest BCUT2D eigenvalue weighted by Gasteiger charge is -2.34. The van der Waals surface area contributed by atoms with Gasteiger partial charge in [-0.1, -0.05) is 17.7 Å².